The predicted molar refractivity (Wildman–Crippen MR) is 89.8 cm³/mol. The predicted octanol–water partition coefficient (Wildman–Crippen LogP) is 3.72. The Morgan fingerprint density at radius 2 is 1.90 bits per heavy atom. The van der Waals surface area contributed by atoms with Gasteiger partial charge in [-0.05, 0) is 43.7 Å². The van der Waals surface area contributed by atoms with Crippen LogP contribution in [-0.4, -0.2) is 23.0 Å². The monoisotopic (exact) mass is 290 g/mol. The third-order valence-corrected chi connectivity index (χ3v) is 4.85. The van der Waals surface area contributed by atoms with Crippen LogP contribution in [-0.2, 0) is 6.54 Å². The highest BCUT2D eigenvalue weighted by Gasteiger charge is 2.28. The minimum atomic E-state index is 0.499. The minimum absolute atomic E-state index is 0.499. The summed E-state index contributed by atoms with van der Waals surface area (Å²) in [6.07, 6.45) is 5.22. The first-order valence-electron chi connectivity index (χ1n) is 7.47. The highest BCUT2D eigenvalue weighted by molar-refractivity contribution is 7.80. The van der Waals surface area contributed by atoms with E-state index in [-0.39, 0.29) is 0 Å². The van der Waals surface area contributed by atoms with E-state index < -0.39 is 0 Å². The van der Waals surface area contributed by atoms with Crippen molar-refractivity contribution in [1.29, 1.82) is 0 Å². The molecule has 2 N–H and O–H groups in total. The zero-order valence-electron chi connectivity index (χ0n) is 12.9. The third kappa shape index (κ3) is 3.80. The van der Waals surface area contributed by atoms with Gasteiger partial charge in [-0.3, -0.25) is 4.90 Å². The van der Waals surface area contributed by atoms with Crippen molar-refractivity contribution in [2.75, 3.05) is 7.05 Å². The van der Waals surface area contributed by atoms with Crippen LogP contribution >= 0.6 is 12.2 Å². The Bertz CT molecular complexity index is 472. The van der Waals surface area contributed by atoms with Crippen molar-refractivity contribution >= 4 is 17.2 Å². The molecule has 0 aliphatic heterocycles. The summed E-state index contributed by atoms with van der Waals surface area (Å²) in [4.78, 5) is 2.96. The zero-order valence-corrected chi connectivity index (χ0v) is 13.7. The molecule has 0 amide bonds. The first-order valence-corrected chi connectivity index (χ1v) is 7.88. The van der Waals surface area contributed by atoms with Gasteiger partial charge in [0.05, 0.1) is 0 Å². The number of thiocarbonyl (C=S) groups is 1. The SMILES string of the molecule is CN(Cc1ccccc1C(N)=S)C1CCC(C)(C)CC1. The van der Waals surface area contributed by atoms with Gasteiger partial charge in [-0.25, -0.2) is 0 Å². The van der Waals surface area contributed by atoms with Crippen molar-refractivity contribution in [3.05, 3.63) is 35.4 Å². The zero-order chi connectivity index (χ0) is 14.8. The maximum absolute atomic E-state index is 5.82. The summed E-state index contributed by atoms with van der Waals surface area (Å²) < 4.78 is 0. The summed E-state index contributed by atoms with van der Waals surface area (Å²) in [6.45, 7) is 5.69. The average molecular weight is 290 g/mol. The van der Waals surface area contributed by atoms with E-state index in [0.29, 0.717) is 16.4 Å². The molecule has 0 heterocycles. The van der Waals surface area contributed by atoms with Crippen LogP contribution in [0.3, 0.4) is 0 Å². The summed E-state index contributed by atoms with van der Waals surface area (Å²) in [5, 5.41) is 0. The molecule has 20 heavy (non-hydrogen) atoms. The molecule has 2 nitrogen and oxygen atoms in total. The molecule has 0 spiro atoms. The van der Waals surface area contributed by atoms with Crippen LogP contribution in [0.25, 0.3) is 0 Å². The highest BCUT2D eigenvalue weighted by atomic mass is 32.1. The number of nitrogens with two attached hydrogens (primary N) is 1. The molecule has 0 unspecified atom stereocenters. The molecule has 0 radical (unpaired) electrons. The maximum Gasteiger partial charge on any atom is 0.104 e. The van der Waals surface area contributed by atoms with Crippen molar-refractivity contribution in [2.45, 2.75) is 52.1 Å². The molecule has 1 aromatic carbocycles. The van der Waals surface area contributed by atoms with Gasteiger partial charge in [-0.15, -0.1) is 0 Å². The van der Waals surface area contributed by atoms with Gasteiger partial charge in [-0.2, -0.15) is 0 Å². The smallest absolute Gasteiger partial charge is 0.104 e. The molecule has 0 atom stereocenters. The van der Waals surface area contributed by atoms with Crippen LogP contribution in [0.4, 0.5) is 0 Å². The Hall–Kier alpha value is -0.930. The van der Waals surface area contributed by atoms with E-state index in [4.69, 9.17) is 18.0 Å². The summed E-state index contributed by atoms with van der Waals surface area (Å²) >= 11 is 5.15. The largest absolute Gasteiger partial charge is 0.389 e. The van der Waals surface area contributed by atoms with Gasteiger partial charge in [-0.1, -0.05) is 50.3 Å². The van der Waals surface area contributed by atoms with Gasteiger partial charge >= 0.3 is 0 Å². The van der Waals surface area contributed by atoms with Crippen LogP contribution in [0.5, 0.6) is 0 Å². The van der Waals surface area contributed by atoms with Crippen LogP contribution in [0.15, 0.2) is 24.3 Å². The number of hydrogen-bond donors (Lipinski definition) is 1. The molecule has 1 fully saturated rings. The molecular formula is C17H26N2S. The van der Waals surface area contributed by atoms with Crippen LogP contribution in [0.1, 0.15) is 50.7 Å². The van der Waals surface area contributed by atoms with E-state index in [1.54, 1.807) is 0 Å². The number of hydrogen-bond acceptors (Lipinski definition) is 2. The molecule has 3 heteroatoms. The number of benzene rings is 1. The Kier molecular flexibility index (Phi) is 4.82. The van der Waals surface area contributed by atoms with E-state index in [1.165, 1.54) is 31.2 Å². The summed E-state index contributed by atoms with van der Waals surface area (Å²) in [6, 6.07) is 8.91. The topological polar surface area (TPSA) is 29.3 Å². The van der Waals surface area contributed by atoms with E-state index in [9.17, 15) is 0 Å². The van der Waals surface area contributed by atoms with Crippen LogP contribution in [0, 0.1) is 5.41 Å². The number of rotatable bonds is 4. The molecule has 1 aliphatic carbocycles. The normalized spacial score (nSPS) is 19.2. The van der Waals surface area contributed by atoms with E-state index in [0.717, 1.165) is 12.1 Å². The molecule has 1 aromatic rings. The van der Waals surface area contributed by atoms with E-state index >= 15 is 0 Å². The molecular weight excluding hydrogens is 264 g/mol. The Morgan fingerprint density at radius 1 is 1.30 bits per heavy atom. The van der Waals surface area contributed by atoms with Crippen LogP contribution in [0.2, 0.25) is 0 Å². The fraction of sp³-hybridized carbons (Fsp3) is 0.588. The number of nitrogens with zero attached hydrogens (tertiary/aromatic N) is 1. The van der Waals surface area contributed by atoms with Gasteiger partial charge in [0, 0.05) is 18.2 Å². The van der Waals surface area contributed by atoms with E-state index in [2.05, 4.69) is 37.9 Å². The third-order valence-electron chi connectivity index (χ3n) is 4.63. The second kappa shape index (κ2) is 6.23. The van der Waals surface area contributed by atoms with Crippen molar-refractivity contribution in [2.24, 2.45) is 11.1 Å². The van der Waals surface area contributed by atoms with E-state index in [1.807, 2.05) is 12.1 Å². The second-order valence-corrected chi connectivity index (χ2v) is 7.27. The maximum atomic E-state index is 5.82. The Balaban J connectivity index is 2.02. The van der Waals surface area contributed by atoms with Gasteiger partial charge < -0.3 is 5.73 Å². The van der Waals surface area contributed by atoms with Crippen molar-refractivity contribution in [1.82, 2.24) is 4.90 Å². The average Bonchev–Trinajstić information content (AvgIpc) is 2.38. The van der Waals surface area contributed by atoms with Gasteiger partial charge in [0.15, 0.2) is 0 Å². The fourth-order valence-electron chi connectivity index (χ4n) is 3.12. The molecule has 0 bridgehead atoms. The molecule has 0 saturated heterocycles. The lowest BCUT2D eigenvalue weighted by atomic mass is 9.75. The first-order chi connectivity index (χ1) is 9.39. The van der Waals surface area contributed by atoms with Crippen LogP contribution < -0.4 is 5.73 Å². The Morgan fingerprint density at radius 3 is 2.50 bits per heavy atom. The summed E-state index contributed by atoms with van der Waals surface area (Å²) in [5.41, 5.74) is 8.60. The quantitative estimate of drug-likeness (QED) is 0.857. The van der Waals surface area contributed by atoms with Crippen molar-refractivity contribution in [3.63, 3.8) is 0 Å². The molecule has 2 rings (SSSR count). The lowest BCUT2D eigenvalue weighted by Gasteiger charge is -2.38. The first kappa shape index (κ1) is 15.5. The summed E-state index contributed by atoms with van der Waals surface area (Å²) in [7, 11) is 2.22. The highest BCUT2D eigenvalue weighted by Crippen LogP contribution is 2.36. The second-order valence-electron chi connectivity index (χ2n) is 6.83. The Labute approximate surface area is 128 Å². The fourth-order valence-corrected chi connectivity index (χ4v) is 3.32. The molecule has 110 valence electrons. The van der Waals surface area contributed by atoms with Gasteiger partial charge in [0.25, 0.3) is 0 Å². The van der Waals surface area contributed by atoms with Crippen molar-refractivity contribution in [3.8, 4) is 0 Å². The molecule has 1 aliphatic rings. The lowest BCUT2D eigenvalue weighted by molar-refractivity contribution is 0.123. The minimum Gasteiger partial charge on any atom is -0.389 e. The lowest BCUT2D eigenvalue weighted by Crippen LogP contribution is -2.37. The van der Waals surface area contributed by atoms with Gasteiger partial charge in [0.1, 0.15) is 4.99 Å². The van der Waals surface area contributed by atoms with Gasteiger partial charge in [0.2, 0.25) is 0 Å². The molecule has 1 saturated carbocycles. The standard InChI is InChI=1S/C17H26N2S/c1-17(2)10-8-14(9-11-17)19(3)12-13-6-4-5-7-15(13)16(18)20/h4-7,14H,8-12H2,1-3H3,(H2,18,20). The molecule has 0 aromatic heterocycles. The summed E-state index contributed by atoms with van der Waals surface area (Å²) in [5.74, 6) is 0. The van der Waals surface area contributed by atoms with Crippen molar-refractivity contribution < 1.29 is 0 Å².